The molecule has 0 spiro atoms. The molecular formula is C10H14BrN3O. The Balaban J connectivity index is 2.09. The number of aromatic nitrogens is 2. The lowest BCUT2D eigenvalue weighted by Crippen LogP contribution is -2.16. The second-order valence-electron chi connectivity index (χ2n) is 3.94. The van der Waals surface area contributed by atoms with Gasteiger partial charge in [0.25, 0.3) is 0 Å². The van der Waals surface area contributed by atoms with E-state index in [2.05, 4.69) is 31.2 Å². The van der Waals surface area contributed by atoms with Crippen molar-refractivity contribution in [3.05, 3.63) is 16.5 Å². The van der Waals surface area contributed by atoms with Gasteiger partial charge in [-0.2, -0.15) is 0 Å². The summed E-state index contributed by atoms with van der Waals surface area (Å²) < 4.78 is 0.799. The lowest BCUT2D eigenvalue weighted by atomic mass is 10.3. The van der Waals surface area contributed by atoms with E-state index in [1.807, 2.05) is 6.07 Å². The molecule has 2 N–H and O–H groups in total. The van der Waals surface area contributed by atoms with Gasteiger partial charge in [0.05, 0.1) is 6.10 Å². The van der Waals surface area contributed by atoms with Gasteiger partial charge in [-0.1, -0.05) is 0 Å². The Morgan fingerprint density at radius 1 is 1.60 bits per heavy atom. The number of aliphatic hydroxyl groups is 1. The summed E-state index contributed by atoms with van der Waals surface area (Å²) in [6.45, 7) is 2.25. The summed E-state index contributed by atoms with van der Waals surface area (Å²) in [4.78, 5) is 8.73. The number of rotatable bonds is 4. The summed E-state index contributed by atoms with van der Waals surface area (Å²) >= 11 is 3.36. The summed E-state index contributed by atoms with van der Waals surface area (Å²) in [7, 11) is 0. The van der Waals surface area contributed by atoms with Gasteiger partial charge in [0, 0.05) is 18.5 Å². The van der Waals surface area contributed by atoms with E-state index in [1.54, 1.807) is 6.92 Å². The summed E-state index contributed by atoms with van der Waals surface area (Å²) in [5.41, 5.74) is 0. The monoisotopic (exact) mass is 271 g/mol. The molecule has 0 bridgehead atoms. The van der Waals surface area contributed by atoms with E-state index in [-0.39, 0.29) is 6.10 Å². The molecule has 82 valence electrons. The molecule has 1 heterocycles. The van der Waals surface area contributed by atoms with Crippen molar-refractivity contribution >= 4 is 21.7 Å². The van der Waals surface area contributed by atoms with Crippen LogP contribution in [0.25, 0.3) is 0 Å². The van der Waals surface area contributed by atoms with Crippen molar-refractivity contribution in [2.75, 3.05) is 11.9 Å². The van der Waals surface area contributed by atoms with E-state index < -0.39 is 0 Å². The molecule has 0 amide bonds. The van der Waals surface area contributed by atoms with Gasteiger partial charge in [0.15, 0.2) is 0 Å². The normalized spacial score (nSPS) is 17.5. The van der Waals surface area contributed by atoms with E-state index in [0.717, 1.165) is 16.2 Å². The van der Waals surface area contributed by atoms with E-state index in [1.165, 1.54) is 12.8 Å². The van der Waals surface area contributed by atoms with Crippen LogP contribution in [0.1, 0.15) is 31.5 Å². The molecule has 1 aromatic heterocycles. The third kappa shape index (κ3) is 3.14. The molecule has 4 nitrogen and oxygen atoms in total. The van der Waals surface area contributed by atoms with E-state index in [0.29, 0.717) is 12.5 Å². The Bertz CT molecular complexity index is 353. The minimum atomic E-state index is -0.372. The molecule has 1 aliphatic carbocycles. The molecule has 2 rings (SSSR count). The number of nitrogens with zero attached hydrogens (tertiary/aromatic N) is 2. The van der Waals surface area contributed by atoms with Gasteiger partial charge >= 0.3 is 0 Å². The molecule has 1 unspecified atom stereocenters. The van der Waals surface area contributed by atoms with Gasteiger partial charge in [0.1, 0.15) is 16.2 Å². The number of aliphatic hydroxyl groups excluding tert-OH is 1. The van der Waals surface area contributed by atoms with Crippen molar-refractivity contribution < 1.29 is 5.11 Å². The third-order valence-corrected chi connectivity index (χ3v) is 2.64. The fourth-order valence-corrected chi connectivity index (χ4v) is 1.70. The Hall–Kier alpha value is -0.680. The number of hydrogen-bond donors (Lipinski definition) is 2. The number of hydrogen-bond acceptors (Lipinski definition) is 4. The van der Waals surface area contributed by atoms with Crippen LogP contribution in [0.2, 0.25) is 0 Å². The average molecular weight is 272 g/mol. The number of anilines is 1. The summed E-state index contributed by atoms with van der Waals surface area (Å²) in [5, 5.41) is 12.2. The van der Waals surface area contributed by atoms with Crippen LogP contribution in [0.3, 0.4) is 0 Å². The Morgan fingerprint density at radius 3 is 2.93 bits per heavy atom. The van der Waals surface area contributed by atoms with Crippen molar-refractivity contribution in [3.63, 3.8) is 0 Å². The van der Waals surface area contributed by atoms with Gasteiger partial charge in [-0.15, -0.1) is 0 Å². The van der Waals surface area contributed by atoms with Crippen LogP contribution < -0.4 is 5.32 Å². The molecule has 1 atom stereocenters. The molecule has 0 radical (unpaired) electrons. The zero-order valence-electron chi connectivity index (χ0n) is 8.57. The van der Waals surface area contributed by atoms with E-state index in [9.17, 15) is 0 Å². The predicted octanol–water partition coefficient (Wildman–Crippen LogP) is 1.91. The third-order valence-electron chi connectivity index (χ3n) is 2.23. The summed E-state index contributed by atoms with van der Waals surface area (Å²) in [6, 6.07) is 1.83. The fraction of sp³-hybridized carbons (Fsp3) is 0.600. The molecule has 1 aromatic rings. The highest BCUT2D eigenvalue weighted by atomic mass is 79.9. The Kier molecular flexibility index (Phi) is 3.21. The zero-order chi connectivity index (χ0) is 10.8. The second kappa shape index (κ2) is 4.45. The van der Waals surface area contributed by atoms with Crippen molar-refractivity contribution in [1.29, 1.82) is 0 Å². The van der Waals surface area contributed by atoms with Crippen LogP contribution in [0.5, 0.6) is 0 Å². The van der Waals surface area contributed by atoms with Crippen molar-refractivity contribution in [2.24, 2.45) is 0 Å². The van der Waals surface area contributed by atoms with Gasteiger partial charge < -0.3 is 10.4 Å². The first-order chi connectivity index (χ1) is 7.15. The first kappa shape index (κ1) is 10.8. The highest BCUT2D eigenvalue weighted by molar-refractivity contribution is 9.10. The molecule has 15 heavy (non-hydrogen) atoms. The van der Waals surface area contributed by atoms with Gasteiger partial charge in [0.2, 0.25) is 0 Å². The van der Waals surface area contributed by atoms with Crippen molar-refractivity contribution in [2.45, 2.75) is 31.8 Å². The lowest BCUT2D eigenvalue weighted by molar-refractivity contribution is 0.208. The molecule has 5 heteroatoms. The van der Waals surface area contributed by atoms with Gasteiger partial charge in [-0.05, 0) is 35.7 Å². The highest BCUT2D eigenvalue weighted by Crippen LogP contribution is 2.38. The van der Waals surface area contributed by atoms with Crippen LogP contribution in [-0.2, 0) is 0 Å². The van der Waals surface area contributed by atoms with Crippen LogP contribution in [0, 0.1) is 0 Å². The first-order valence-electron chi connectivity index (χ1n) is 5.11. The standard InChI is InChI=1S/C10H14BrN3O/c1-6(15)5-12-9-4-8(11)13-10(14-9)7-2-3-7/h4,6-7,15H,2-3,5H2,1H3,(H,12,13,14). The fourth-order valence-electron chi connectivity index (χ4n) is 1.30. The smallest absolute Gasteiger partial charge is 0.135 e. The number of nitrogens with one attached hydrogen (secondary N) is 1. The van der Waals surface area contributed by atoms with Crippen LogP contribution in [0.4, 0.5) is 5.82 Å². The van der Waals surface area contributed by atoms with Gasteiger partial charge in [-0.3, -0.25) is 0 Å². The molecule has 0 aliphatic heterocycles. The minimum Gasteiger partial charge on any atom is -0.392 e. The Labute approximate surface area is 97.3 Å². The molecule has 1 saturated carbocycles. The maximum atomic E-state index is 9.16. The highest BCUT2D eigenvalue weighted by Gasteiger charge is 2.27. The van der Waals surface area contributed by atoms with Crippen LogP contribution in [0.15, 0.2) is 10.7 Å². The maximum Gasteiger partial charge on any atom is 0.135 e. The predicted molar refractivity (Wildman–Crippen MR) is 61.9 cm³/mol. The summed E-state index contributed by atoms with van der Waals surface area (Å²) in [6.07, 6.45) is 2.00. The molecular weight excluding hydrogens is 258 g/mol. The minimum absolute atomic E-state index is 0.372. The largest absolute Gasteiger partial charge is 0.392 e. The maximum absolute atomic E-state index is 9.16. The lowest BCUT2D eigenvalue weighted by Gasteiger charge is -2.08. The first-order valence-corrected chi connectivity index (χ1v) is 5.91. The number of halogens is 1. The molecule has 0 aromatic carbocycles. The Morgan fingerprint density at radius 2 is 2.33 bits per heavy atom. The summed E-state index contributed by atoms with van der Waals surface area (Å²) in [5.74, 6) is 2.21. The molecule has 1 fully saturated rings. The van der Waals surface area contributed by atoms with E-state index >= 15 is 0 Å². The average Bonchev–Trinajstić information content (AvgIpc) is 2.97. The van der Waals surface area contributed by atoms with Gasteiger partial charge in [-0.25, -0.2) is 9.97 Å². The quantitative estimate of drug-likeness (QED) is 0.822. The van der Waals surface area contributed by atoms with E-state index in [4.69, 9.17) is 5.11 Å². The van der Waals surface area contributed by atoms with Crippen molar-refractivity contribution in [3.8, 4) is 0 Å². The SMILES string of the molecule is CC(O)CNc1cc(Br)nc(C2CC2)n1. The van der Waals surface area contributed by atoms with Crippen LogP contribution in [-0.4, -0.2) is 27.7 Å². The second-order valence-corrected chi connectivity index (χ2v) is 4.75. The zero-order valence-corrected chi connectivity index (χ0v) is 10.2. The molecule has 1 aliphatic rings. The van der Waals surface area contributed by atoms with Crippen LogP contribution >= 0.6 is 15.9 Å². The topological polar surface area (TPSA) is 58.0 Å². The molecule has 0 saturated heterocycles. The van der Waals surface area contributed by atoms with Crippen molar-refractivity contribution in [1.82, 2.24) is 9.97 Å².